The molecule has 2 aliphatic heterocycles. The number of amides is 2. The lowest BCUT2D eigenvalue weighted by Gasteiger charge is -2.11. The fourth-order valence-electron chi connectivity index (χ4n) is 2.25. The maximum atomic E-state index is 11.5. The van der Waals surface area contributed by atoms with E-state index in [1.165, 1.54) is 12.2 Å². The predicted molar refractivity (Wildman–Crippen MR) is 91.6 cm³/mol. The first-order chi connectivity index (χ1) is 12.2. The SMILES string of the molecule is O=C(NC1C=CS(=O)(=O)C1)OCCCCOC(=O)NC1C=CS(=O)(=O)C1. The Morgan fingerprint density at radius 1 is 0.808 bits per heavy atom. The first-order valence-electron chi connectivity index (χ1n) is 7.84. The van der Waals surface area contributed by atoms with Crippen LogP contribution in [0.25, 0.3) is 0 Å². The molecular weight excluding hydrogens is 388 g/mol. The van der Waals surface area contributed by atoms with Gasteiger partial charge in [0.1, 0.15) is 0 Å². The van der Waals surface area contributed by atoms with E-state index in [2.05, 4.69) is 10.6 Å². The molecule has 146 valence electrons. The number of ether oxygens (including phenoxy) is 2. The van der Waals surface area contributed by atoms with Gasteiger partial charge in [-0.25, -0.2) is 26.4 Å². The van der Waals surface area contributed by atoms with Crippen molar-refractivity contribution in [2.24, 2.45) is 0 Å². The van der Waals surface area contributed by atoms with Crippen molar-refractivity contribution in [1.82, 2.24) is 10.6 Å². The Labute approximate surface area is 151 Å². The smallest absolute Gasteiger partial charge is 0.407 e. The van der Waals surface area contributed by atoms with Crippen molar-refractivity contribution in [2.45, 2.75) is 24.9 Å². The largest absolute Gasteiger partial charge is 0.450 e. The van der Waals surface area contributed by atoms with Crippen LogP contribution in [0, 0.1) is 0 Å². The summed E-state index contributed by atoms with van der Waals surface area (Å²) in [5.74, 6) is -0.356. The fourth-order valence-corrected chi connectivity index (χ4v) is 4.72. The standard InChI is InChI=1S/C14H20N2O8S2/c17-13(15-11-3-7-25(19,20)9-11)23-5-1-2-6-24-14(18)16-12-4-8-26(21,22)10-12/h3-4,7-8,11-12H,1-2,5-6,9-10H2,(H,15,17)(H,16,18). The number of sulfone groups is 2. The van der Waals surface area contributed by atoms with Crippen LogP contribution in [0.3, 0.4) is 0 Å². The van der Waals surface area contributed by atoms with Crippen LogP contribution in [0.1, 0.15) is 12.8 Å². The third kappa shape index (κ3) is 7.04. The molecule has 2 unspecified atom stereocenters. The normalized spacial score (nSPS) is 24.9. The van der Waals surface area contributed by atoms with Gasteiger partial charge in [0.05, 0.1) is 36.8 Å². The Kier molecular flexibility index (Phi) is 6.64. The quantitative estimate of drug-likeness (QED) is 0.553. The number of nitrogens with one attached hydrogen (secondary N) is 2. The number of carbonyl (C=O) groups excluding carboxylic acids is 2. The minimum Gasteiger partial charge on any atom is -0.450 e. The van der Waals surface area contributed by atoms with Crippen LogP contribution in [0.15, 0.2) is 23.0 Å². The first-order valence-corrected chi connectivity index (χ1v) is 11.3. The molecule has 0 saturated heterocycles. The molecule has 12 heteroatoms. The summed E-state index contributed by atoms with van der Waals surface area (Å²) in [5.41, 5.74) is 0. The lowest BCUT2D eigenvalue weighted by atomic mass is 10.3. The highest BCUT2D eigenvalue weighted by Crippen LogP contribution is 2.09. The number of rotatable bonds is 7. The van der Waals surface area contributed by atoms with E-state index in [1.54, 1.807) is 0 Å². The summed E-state index contributed by atoms with van der Waals surface area (Å²) in [6.45, 7) is 0.174. The second-order valence-electron chi connectivity index (χ2n) is 5.80. The van der Waals surface area contributed by atoms with Crippen molar-refractivity contribution in [1.29, 1.82) is 0 Å². The third-order valence-corrected chi connectivity index (χ3v) is 6.26. The molecule has 0 saturated carbocycles. The highest BCUT2D eigenvalue weighted by atomic mass is 32.2. The van der Waals surface area contributed by atoms with Gasteiger partial charge in [0.2, 0.25) is 0 Å². The van der Waals surface area contributed by atoms with E-state index < -0.39 is 43.9 Å². The van der Waals surface area contributed by atoms with Crippen molar-refractivity contribution in [3.05, 3.63) is 23.0 Å². The number of unbranched alkanes of at least 4 members (excludes halogenated alkanes) is 1. The van der Waals surface area contributed by atoms with E-state index in [-0.39, 0.29) is 24.7 Å². The second kappa shape index (κ2) is 8.54. The predicted octanol–water partition coefficient (Wildman–Crippen LogP) is -0.160. The van der Waals surface area contributed by atoms with Gasteiger partial charge in [0.25, 0.3) is 0 Å². The minimum absolute atomic E-state index is 0.0869. The third-order valence-electron chi connectivity index (χ3n) is 3.47. The van der Waals surface area contributed by atoms with Gasteiger partial charge in [0.15, 0.2) is 19.7 Å². The first kappa shape index (κ1) is 20.2. The molecule has 2 N–H and O–H groups in total. The molecule has 0 aromatic carbocycles. The molecule has 10 nitrogen and oxygen atoms in total. The van der Waals surface area contributed by atoms with E-state index in [9.17, 15) is 26.4 Å². The number of hydrogen-bond donors (Lipinski definition) is 2. The maximum Gasteiger partial charge on any atom is 0.407 e. The lowest BCUT2D eigenvalue weighted by molar-refractivity contribution is 0.127. The molecule has 0 aliphatic carbocycles. The Balaban J connectivity index is 1.49. The Bertz CT molecular complexity index is 733. The number of carbonyl (C=O) groups is 2. The number of hydrogen-bond acceptors (Lipinski definition) is 8. The molecule has 2 atom stereocenters. The van der Waals surface area contributed by atoms with Gasteiger partial charge in [0, 0.05) is 10.8 Å². The van der Waals surface area contributed by atoms with Crippen molar-refractivity contribution in [3.8, 4) is 0 Å². The van der Waals surface area contributed by atoms with Gasteiger partial charge in [-0.2, -0.15) is 0 Å². The number of alkyl carbamates (subject to hydrolysis) is 2. The Hall–Kier alpha value is -2.08. The van der Waals surface area contributed by atoms with Gasteiger partial charge >= 0.3 is 12.2 Å². The topological polar surface area (TPSA) is 145 Å². The van der Waals surface area contributed by atoms with Gasteiger partial charge in [-0.05, 0) is 25.0 Å². The van der Waals surface area contributed by atoms with Crippen molar-refractivity contribution >= 4 is 31.9 Å². The molecule has 0 aromatic rings. The van der Waals surface area contributed by atoms with Gasteiger partial charge in [-0.1, -0.05) is 0 Å². The highest BCUT2D eigenvalue weighted by Gasteiger charge is 2.24. The second-order valence-corrected chi connectivity index (χ2v) is 9.66. The van der Waals surface area contributed by atoms with Crippen LogP contribution >= 0.6 is 0 Å². The summed E-state index contributed by atoms with van der Waals surface area (Å²) in [7, 11) is -6.48. The van der Waals surface area contributed by atoms with Crippen LogP contribution in [0.5, 0.6) is 0 Å². The molecule has 0 aromatic heterocycles. The summed E-state index contributed by atoms with van der Waals surface area (Å²) in [6.07, 6.45) is 2.21. The fraction of sp³-hybridized carbons (Fsp3) is 0.571. The average Bonchev–Trinajstić information content (AvgIpc) is 3.04. The highest BCUT2D eigenvalue weighted by molar-refractivity contribution is 7.94. The van der Waals surface area contributed by atoms with E-state index in [0.29, 0.717) is 12.8 Å². The van der Waals surface area contributed by atoms with Gasteiger partial charge in [-0.3, -0.25) is 0 Å². The summed E-state index contributed by atoms with van der Waals surface area (Å²) >= 11 is 0. The Morgan fingerprint density at radius 3 is 1.50 bits per heavy atom. The molecule has 0 radical (unpaired) electrons. The van der Waals surface area contributed by atoms with Crippen LogP contribution in [0.2, 0.25) is 0 Å². The average molecular weight is 408 g/mol. The van der Waals surface area contributed by atoms with Crippen molar-refractivity contribution < 1.29 is 35.9 Å². The summed E-state index contributed by atoms with van der Waals surface area (Å²) in [4.78, 5) is 23.0. The van der Waals surface area contributed by atoms with Gasteiger partial charge in [-0.15, -0.1) is 0 Å². The van der Waals surface area contributed by atoms with Crippen LogP contribution in [-0.4, -0.2) is 65.8 Å². The van der Waals surface area contributed by atoms with Crippen LogP contribution in [0.4, 0.5) is 9.59 Å². The summed E-state index contributed by atoms with van der Waals surface area (Å²) in [5, 5.41) is 6.93. The molecule has 26 heavy (non-hydrogen) atoms. The maximum absolute atomic E-state index is 11.5. The molecular formula is C14H20N2O8S2. The molecule has 2 heterocycles. The molecule has 0 fully saturated rings. The monoisotopic (exact) mass is 408 g/mol. The van der Waals surface area contributed by atoms with E-state index in [0.717, 1.165) is 10.8 Å². The zero-order valence-corrected chi connectivity index (χ0v) is 15.4. The zero-order chi connectivity index (χ0) is 19.2. The summed E-state index contributed by atoms with van der Waals surface area (Å²) < 4.78 is 54.6. The molecule has 2 rings (SSSR count). The molecule has 0 bridgehead atoms. The minimum atomic E-state index is -3.24. The van der Waals surface area contributed by atoms with Crippen LogP contribution < -0.4 is 10.6 Å². The van der Waals surface area contributed by atoms with E-state index >= 15 is 0 Å². The van der Waals surface area contributed by atoms with Crippen molar-refractivity contribution in [3.63, 3.8) is 0 Å². The zero-order valence-electron chi connectivity index (χ0n) is 13.8. The molecule has 2 amide bonds. The Morgan fingerprint density at radius 2 is 1.19 bits per heavy atom. The summed E-state index contributed by atoms with van der Waals surface area (Å²) in [6, 6.07) is -1.18. The van der Waals surface area contributed by atoms with E-state index in [4.69, 9.17) is 9.47 Å². The molecule has 0 spiro atoms. The van der Waals surface area contributed by atoms with E-state index in [1.807, 2.05) is 0 Å². The lowest BCUT2D eigenvalue weighted by Crippen LogP contribution is -2.36. The van der Waals surface area contributed by atoms with Crippen molar-refractivity contribution in [2.75, 3.05) is 24.7 Å². The van der Waals surface area contributed by atoms with Crippen LogP contribution in [-0.2, 0) is 29.1 Å². The molecule has 2 aliphatic rings. The van der Waals surface area contributed by atoms with Gasteiger partial charge < -0.3 is 20.1 Å².